The van der Waals surface area contributed by atoms with E-state index >= 15 is 0 Å². The van der Waals surface area contributed by atoms with Crippen LogP contribution in [0.5, 0.6) is 0 Å². The molecule has 0 bridgehead atoms. The first-order valence-corrected chi connectivity index (χ1v) is 11.2. The van der Waals surface area contributed by atoms with Gasteiger partial charge in [-0.1, -0.05) is 30.3 Å². The summed E-state index contributed by atoms with van der Waals surface area (Å²) in [7, 11) is 0. The van der Waals surface area contributed by atoms with E-state index in [4.69, 9.17) is 10.2 Å². The Hall–Kier alpha value is -4.23. The van der Waals surface area contributed by atoms with Crippen molar-refractivity contribution in [2.75, 3.05) is 0 Å². The zero-order valence-electron chi connectivity index (χ0n) is 18.2. The lowest BCUT2D eigenvalue weighted by atomic mass is 9.88. The molecule has 0 N–H and O–H groups in total. The van der Waals surface area contributed by atoms with Crippen molar-refractivity contribution in [2.24, 2.45) is 5.92 Å². The average molecular weight is 434 g/mol. The van der Waals surface area contributed by atoms with Crippen LogP contribution in [0.2, 0.25) is 0 Å². The third-order valence-corrected chi connectivity index (χ3v) is 6.17. The van der Waals surface area contributed by atoms with Crippen LogP contribution in [0.25, 0.3) is 33.3 Å². The Morgan fingerprint density at radius 2 is 1.88 bits per heavy atom. The van der Waals surface area contributed by atoms with Crippen LogP contribution in [0.1, 0.15) is 37.8 Å². The molecule has 1 aliphatic rings. The molecule has 4 aromatic rings. The normalized spacial score (nSPS) is 15.7. The summed E-state index contributed by atoms with van der Waals surface area (Å²) in [5, 5.41) is 26.9. The standard InChI is InChI=1S/C26H23N7/c27-11-1-2-13-32-18-23(16-30-32)20-7-9-21(10-8-20)24-17-31-33-14-12-29-25(26(24)33)22-5-3-19(15-28)4-6-22/h5,7-10,12,14,16-19H,1-4,6,13H2. The van der Waals surface area contributed by atoms with E-state index in [1.165, 1.54) is 5.57 Å². The van der Waals surface area contributed by atoms with Crippen LogP contribution in [0.3, 0.4) is 0 Å². The molecule has 1 unspecified atom stereocenters. The molecular weight excluding hydrogens is 410 g/mol. The van der Waals surface area contributed by atoms with Crippen molar-refractivity contribution in [3.63, 3.8) is 0 Å². The molecule has 0 aliphatic heterocycles. The van der Waals surface area contributed by atoms with Gasteiger partial charge >= 0.3 is 0 Å². The van der Waals surface area contributed by atoms with Crippen molar-refractivity contribution in [2.45, 2.75) is 38.6 Å². The Labute approximate surface area is 192 Å². The maximum atomic E-state index is 9.21. The van der Waals surface area contributed by atoms with Gasteiger partial charge in [0.1, 0.15) is 0 Å². The van der Waals surface area contributed by atoms with Crippen molar-refractivity contribution < 1.29 is 0 Å². The minimum absolute atomic E-state index is 0.0982. The van der Waals surface area contributed by atoms with Crippen LogP contribution in [0, 0.1) is 28.6 Å². The number of hydrogen-bond donors (Lipinski definition) is 0. The number of fused-ring (bicyclic) bond motifs is 1. The highest BCUT2D eigenvalue weighted by molar-refractivity contribution is 5.89. The van der Waals surface area contributed by atoms with Gasteiger partial charge in [-0.2, -0.15) is 20.7 Å². The fraction of sp³-hybridized carbons (Fsp3) is 0.269. The third kappa shape index (κ3) is 4.14. The van der Waals surface area contributed by atoms with Gasteiger partial charge in [-0.3, -0.25) is 9.67 Å². The topological polar surface area (TPSA) is 95.6 Å². The fourth-order valence-electron chi connectivity index (χ4n) is 4.35. The van der Waals surface area contributed by atoms with E-state index in [9.17, 15) is 5.26 Å². The average Bonchev–Trinajstić information content (AvgIpc) is 3.52. The van der Waals surface area contributed by atoms with Crippen LogP contribution in [-0.2, 0) is 6.54 Å². The van der Waals surface area contributed by atoms with Crippen LogP contribution in [0.4, 0.5) is 0 Å². The molecule has 1 aliphatic carbocycles. The number of rotatable bonds is 6. The molecule has 0 radical (unpaired) electrons. The maximum Gasteiger partial charge on any atom is 0.0999 e. The summed E-state index contributed by atoms with van der Waals surface area (Å²) in [5.74, 6) is 0.0982. The predicted octanol–water partition coefficient (Wildman–Crippen LogP) is 5.27. The number of allylic oxidation sites excluding steroid dienone is 2. The lowest BCUT2D eigenvalue weighted by Gasteiger charge is -2.17. The third-order valence-electron chi connectivity index (χ3n) is 6.17. The molecule has 5 rings (SSSR count). The fourth-order valence-corrected chi connectivity index (χ4v) is 4.35. The second-order valence-electron chi connectivity index (χ2n) is 8.29. The number of aryl methyl sites for hydroxylation is 1. The van der Waals surface area contributed by atoms with Crippen molar-refractivity contribution in [1.29, 1.82) is 10.5 Å². The minimum atomic E-state index is 0.0982. The number of nitriles is 2. The van der Waals surface area contributed by atoms with E-state index in [1.807, 2.05) is 34.0 Å². The number of aromatic nitrogens is 5. The highest BCUT2D eigenvalue weighted by Crippen LogP contribution is 2.35. The zero-order valence-corrected chi connectivity index (χ0v) is 18.2. The Kier molecular flexibility index (Phi) is 5.70. The van der Waals surface area contributed by atoms with Gasteiger partial charge < -0.3 is 0 Å². The molecule has 1 aromatic carbocycles. The zero-order chi connectivity index (χ0) is 22.6. The van der Waals surface area contributed by atoms with Gasteiger partial charge in [0.05, 0.1) is 41.7 Å². The van der Waals surface area contributed by atoms with E-state index < -0.39 is 0 Å². The summed E-state index contributed by atoms with van der Waals surface area (Å²) in [4.78, 5) is 4.70. The molecule has 7 heteroatoms. The molecule has 7 nitrogen and oxygen atoms in total. The molecule has 3 heterocycles. The second-order valence-corrected chi connectivity index (χ2v) is 8.29. The van der Waals surface area contributed by atoms with Gasteiger partial charge in [0.2, 0.25) is 0 Å². The Bertz CT molecular complexity index is 1390. The van der Waals surface area contributed by atoms with Crippen LogP contribution < -0.4 is 0 Å². The Morgan fingerprint density at radius 3 is 2.64 bits per heavy atom. The van der Waals surface area contributed by atoms with E-state index in [0.717, 1.165) is 65.7 Å². The molecular formula is C26H23N7. The van der Waals surface area contributed by atoms with Gasteiger partial charge in [-0.15, -0.1) is 0 Å². The van der Waals surface area contributed by atoms with Crippen LogP contribution in [0.15, 0.2) is 61.3 Å². The second kappa shape index (κ2) is 9.10. The van der Waals surface area contributed by atoms with Gasteiger partial charge in [-0.05, 0) is 42.4 Å². The smallest absolute Gasteiger partial charge is 0.0999 e. The molecule has 162 valence electrons. The highest BCUT2D eigenvalue weighted by atomic mass is 15.3. The van der Waals surface area contributed by atoms with Crippen molar-refractivity contribution in [3.05, 3.63) is 67.0 Å². The monoisotopic (exact) mass is 433 g/mol. The Balaban J connectivity index is 1.44. The molecule has 33 heavy (non-hydrogen) atoms. The quantitative estimate of drug-likeness (QED) is 0.386. The van der Waals surface area contributed by atoms with Gasteiger partial charge in [-0.25, -0.2) is 4.52 Å². The number of hydrogen-bond acceptors (Lipinski definition) is 5. The predicted molar refractivity (Wildman–Crippen MR) is 125 cm³/mol. The molecule has 0 fully saturated rings. The molecule has 3 aromatic heterocycles. The molecule has 1 atom stereocenters. The maximum absolute atomic E-state index is 9.21. The molecule has 0 saturated heterocycles. The van der Waals surface area contributed by atoms with Gasteiger partial charge in [0.25, 0.3) is 0 Å². The summed E-state index contributed by atoms with van der Waals surface area (Å²) in [6.45, 7) is 0.745. The molecule has 0 spiro atoms. The lowest BCUT2D eigenvalue weighted by Crippen LogP contribution is -2.05. The first-order chi connectivity index (χ1) is 16.3. The van der Waals surface area contributed by atoms with Crippen LogP contribution in [-0.4, -0.2) is 24.4 Å². The van der Waals surface area contributed by atoms with Crippen molar-refractivity contribution in [1.82, 2.24) is 24.4 Å². The summed E-state index contributed by atoms with van der Waals surface area (Å²) >= 11 is 0. The van der Waals surface area contributed by atoms with Crippen LogP contribution >= 0.6 is 0 Å². The van der Waals surface area contributed by atoms with E-state index in [-0.39, 0.29) is 5.92 Å². The summed E-state index contributed by atoms with van der Waals surface area (Å²) in [6.07, 6.45) is 15.4. The van der Waals surface area contributed by atoms with Gasteiger partial charge in [0, 0.05) is 42.7 Å². The van der Waals surface area contributed by atoms with E-state index in [2.05, 4.69) is 52.7 Å². The first-order valence-electron chi connectivity index (χ1n) is 11.2. The summed E-state index contributed by atoms with van der Waals surface area (Å²) < 4.78 is 3.77. The largest absolute Gasteiger partial charge is 0.272 e. The summed E-state index contributed by atoms with van der Waals surface area (Å²) in [5.41, 5.74) is 7.41. The SMILES string of the molecule is N#CCCCn1cc(-c2ccc(-c3cnn4ccnc(C5=CCC(C#N)CC5)c34)cc2)cn1. The molecule has 0 amide bonds. The number of unbranched alkanes of at least 4 members (excludes halogenated alkanes) is 1. The van der Waals surface area contributed by atoms with E-state index in [1.54, 1.807) is 6.20 Å². The number of nitrogens with zero attached hydrogens (tertiary/aromatic N) is 7. The Morgan fingerprint density at radius 1 is 1.03 bits per heavy atom. The lowest BCUT2D eigenvalue weighted by molar-refractivity contribution is 0.586. The van der Waals surface area contributed by atoms with Gasteiger partial charge in [0.15, 0.2) is 0 Å². The van der Waals surface area contributed by atoms with Crippen molar-refractivity contribution in [3.8, 4) is 34.4 Å². The first kappa shape index (κ1) is 20.7. The van der Waals surface area contributed by atoms with Crippen molar-refractivity contribution >= 4 is 11.1 Å². The molecule has 0 saturated carbocycles. The van der Waals surface area contributed by atoms with E-state index in [0.29, 0.717) is 6.42 Å². The summed E-state index contributed by atoms with van der Waals surface area (Å²) in [6, 6.07) is 13.0. The highest BCUT2D eigenvalue weighted by Gasteiger charge is 2.20. The minimum Gasteiger partial charge on any atom is -0.272 e. The number of benzene rings is 1.